The molecule has 0 aromatic heterocycles. The summed E-state index contributed by atoms with van der Waals surface area (Å²) in [7, 11) is 0. The predicted octanol–water partition coefficient (Wildman–Crippen LogP) is 1.83. The van der Waals surface area contributed by atoms with Gasteiger partial charge in [0.25, 0.3) is 0 Å². The minimum Gasteiger partial charge on any atom is -0.370 e. The van der Waals surface area contributed by atoms with Gasteiger partial charge in [-0.15, -0.1) is 0 Å². The zero-order valence-corrected chi connectivity index (χ0v) is 10.4. The van der Waals surface area contributed by atoms with E-state index in [-0.39, 0.29) is 5.91 Å². The van der Waals surface area contributed by atoms with Gasteiger partial charge in [-0.2, -0.15) is 0 Å². The second kappa shape index (κ2) is 7.85. The van der Waals surface area contributed by atoms with Crippen LogP contribution >= 0.6 is 0 Å². The molecular formula is C14H21N2O. The summed E-state index contributed by atoms with van der Waals surface area (Å²) in [5, 5.41) is 0. The molecule has 0 unspecified atom stereocenters. The third kappa shape index (κ3) is 6.07. The molecule has 1 aromatic rings. The molecule has 0 bridgehead atoms. The van der Waals surface area contributed by atoms with Gasteiger partial charge in [0, 0.05) is 25.9 Å². The molecule has 0 spiro atoms. The molecule has 0 atom stereocenters. The average molecular weight is 233 g/mol. The number of carbonyl (C=O) groups excluding carboxylic acids is 1. The quantitative estimate of drug-likeness (QED) is 0.744. The Hall–Kier alpha value is -1.35. The smallest absolute Gasteiger partial charge is 0.218 e. The predicted molar refractivity (Wildman–Crippen MR) is 70.4 cm³/mol. The van der Waals surface area contributed by atoms with Gasteiger partial charge >= 0.3 is 0 Å². The molecule has 0 heterocycles. The average Bonchev–Trinajstić information content (AvgIpc) is 2.34. The molecule has 1 rings (SSSR count). The van der Waals surface area contributed by atoms with Crippen molar-refractivity contribution < 1.29 is 4.79 Å². The van der Waals surface area contributed by atoms with Crippen LogP contribution in [0.3, 0.4) is 0 Å². The van der Waals surface area contributed by atoms with Crippen LogP contribution < -0.4 is 5.73 Å². The van der Waals surface area contributed by atoms with Gasteiger partial charge in [-0.3, -0.25) is 4.79 Å². The number of nitrogens with two attached hydrogens (primary N) is 1. The standard InChI is InChI=1S/C14H21N2O/c1-2-10-16(12-9-14(15)17)11-8-13-6-4-3-5-7-13/h3-8H,2,9-12H2,1H3,(H2,15,17). The summed E-state index contributed by atoms with van der Waals surface area (Å²) in [6, 6.07) is 10.2. The molecule has 0 aliphatic heterocycles. The molecule has 1 amide bonds. The largest absolute Gasteiger partial charge is 0.370 e. The molecular weight excluding hydrogens is 212 g/mol. The summed E-state index contributed by atoms with van der Waals surface area (Å²) in [4.78, 5) is 13.0. The van der Waals surface area contributed by atoms with Crippen LogP contribution in [0.4, 0.5) is 0 Å². The normalized spacial score (nSPS) is 10.7. The first-order chi connectivity index (χ1) is 8.22. The summed E-state index contributed by atoms with van der Waals surface area (Å²) in [5.41, 5.74) is 6.38. The summed E-state index contributed by atoms with van der Waals surface area (Å²) >= 11 is 0. The number of amides is 1. The van der Waals surface area contributed by atoms with Crippen LogP contribution in [-0.2, 0) is 4.79 Å². The van der Waals surface area contributed by atoms with Gasteiger partial charge in [0.15, 0.2) is 0 Å². The lowest BCUT2D eigenvalue weighted by molar-refractivity contribution is -0.118. The first kappa shape index (κ1) is 13.7. The maximum atomic E-state index is 10.8. The van der Waals surface area contributed by atoms with Crippen molar-refractivity contribution in [3.8, 4) is 0 Å². The van der Waals surface area contributed by atoms with Gasteiger partial charge in [-0.25, -0.2) is 0 Å². The van der Waals surface area contributed by atoms with Crippen LogP contribution in [0.2, 0.25) is 0 Å². The Kier molecular flexibility index (Phi) is 6.33. The van der Waals surface area contributed by atoms with Crippen LogP contribution in [0.1, 0.15) is 25.3 Å². The molecule has 1 radical (unpaired) electrons. The van der Waals surface area contributed by atoms with Gasteiger partial charge in [-0.1, -0.05) is 37.3 Å². The van der Waals surface area contributed by atoms with Gasteiger partial charge in [0.2, 0.25) is 5.91 Å². The second-order valence-electron chi connectivity index (χ2n) is 4.13. The fourth-order valence-electron chi connectivity index (χ4n) is 1.70. The lowest BCUT2D eigenvalue weighted by Gasteiger charge is -2.20. The SMILES string of the molecule is CCCN(C[CH]c1ccccc1)CCC(N)=O. The summed E-state index contributed by atoms with van der Waals surface area (Å²) < 4.78 is 0. The van der Waals surface area contributed by atoms with Crippen molar-refractivity contribution in [2.45, 2.75) is 19.8 Å². The highest BCUT2D eigenvalue weighted by atomic mass is 16.1. The zero-order valence-electron chi connectivity index (χ0n) is 10.4. The first-order valence-electron chi connectivity index (χ1n) is 6.11. The van der Waals surface area contributed by atoms with E-state index in [1.807, 2.05) is 18.2 Å². The number of carbonyl (C=O) groups is 1. The summed E-state index contributed by atoms with van der Waals surface area (Å²) in [6.45, 7) is 4.74. The topological polar surface area (TPSA) is 46.3 Å². The van der Waals surface area contributed by atoms with E-state index in [4.69, 9.17) is 5.73 Å². The molecule has 1 aromatic carbocycles. The lowest BCUT2D eigenvalue weighted by Crippen LogP contribution is -2.30. The Morgan fingerprint density at radius 2 is 2.00 bits per heavy atom. The fraction of sp³-hybridized carbons (Fsp3) is 0.429. The fourth-order valence-corrected chi connectivity index (χ4v) is 1.70. The molecule has 93 valence electrons. The Bertz CT molecular complexity index is 324. The molecule has 0 saturated carbocycles. The van der Waals surface area contributed by atoms with Crippen molar-refractivity contribution in [1.82, 2.24) is 4.90 Å². The number of primary amides is 1. The zero-order chi connectivity index (χ0) is 12.5. The van der Waals surface area contributed by atoms with Crippen LogP contribution in [-0.4, -0.2) is 30.4 Å². The molecule has 2 N–H and O–H groups in total. The lowest BCUT2D eigenvalue weighted by atomic mass is 10.1. The van der Waals surface area contributed by atoms with Crippen LogP contribution in [0.15, 0.2) is 30.3 Å². The van der Waals surface area contributed by atoms with Crippen molar-refractivity contribution in [2.75, 3.05) is 19.6 Å². The number of benzene rings is 1. The summed E-state index contributed by atoms with van der Waals surface area (Å²) in [5.74, 6) is -0.231. The molecule has 0 aliphatic carbocycles. The summed E-state index contributed by atoms with van der Waals surface area (Å²) in [6.07, 6.45) is 3.70. The highest BCUT2D eigenvalue weighted by Gasteiger charge is 2.05. The van der Waals surface area contributed by atoms with Gasteiger partial charge in [-0.05, 0) is 18.5 Å². The molecule has 3 heteroatoms. The van der Waals surface area contributed by atoms with E-state index in [0.29, 0.717) is 6.42 Å². The number of hydrogen-bond donors (Lipinski definition) is 1. The molecule has 0 saturated heterocycles. The van der Waals surface area contributed by atoms with Gasteiger partial charge < -0.3 is 10.6 Å². The van der Waals surface area contributed by atoms with E-state index < -0.39 is 0 Å². The van der Waals surface area contributed by atoms with Crippen LogP contribution in [0, 0.1) is 6.42 Å². The number of hydrogen-bond acceptors (Lipinski definition) is 2. The van der Waals surface area contributed by atoms with Crippen molar-refractivity contribution >= 4 is 5.91 Å². The van der Waals surface area contributed by atoms with Crippen LogP contribution in [0.25, 0.3) is 0 Å². The van der Waals surface area contributed by atoms with Gasteiger partial charge in [0.05, 0.1) is 0 Å². The van der Waals surface area contributed by atoms with E-state index in [2.05, 4.69) is 30.4 Å². The van der Waals surface area contributed by atoms with Crippen molar-refractivity contribution in [3.05, 3.63) is 42.3 Å². The van der Waals surface area contributed by atoms with Crippen molar-refractivity contribution in [2.24, 2.45) is 5.73 Å². The third-order valence-electron chi connectivity index (χ3n) is 2.60. The van der Waals surface area contributed by atoms with E-state index in [9.17, 15) is 4.79 Å². The highest BCUT2D eigenvalue weighted by Crippen LogP contribution is 2.04. The van der Waals surface area contributed by atoms with E-state index in [1.54, 1.807) is 0 Å². The Morgan fingerprint density at radius 3 is 2.59 bits per heavy atom. The minimum atomic E-state index is -0.231. The highest BCUT2D eigenvalue weighted by molar-refractivity contribution is 5.73. The monoisotopic (exact) mass is 233 g/mol. The Morgan fingerprint density at radius 1 is 1.29 bits per heavy atom. The van der Waals surface area contributed by atoms with E-state index >= 15 is 0 Å². The van der Waals surface area contributed by atoms with E-state index in [1.165, 1.54) is 5.56 Å². The van der Waals surface area contributed by atoms with E-state index in [0.717, 1.165) is 26.1 Å². The minimum absolute atomic E-state index is 0.231. The maximum Gasteiger partial charge on any atom is 0.218 e. The Balaban J connectivity index is 2.36. The maximum absolute atomic E-state index is 10.8. The Labute approximate surface area is 104 Å². The van der Waals surface area contributed by atoms with Crippen molar-refractivity contribution in [1.29, 1.82) is 0 Å². The third-order valence-corrected chi connectivity index (χ3v) is 2.60. The molecule has 3 nitrogen and oxygen atoms in total. The van der Waals surface area contributed by atoms with Crippen LogP contribution in [0.5, 0.6) is 0 Å². The molecule has 0 aliphatic rings. The molecule has 0 fully saturated rings. The number of rotatable bonds is 8. The first-order valence-corrected chi connectivity index (χ1v) is 6.11. The number of nitrogens with zero attached hydrogens (tertiary/aromatic N) is 1. The second-order valence-corrected chi connectivity index (χ2v) is 4.13. The van der Waals surface area contributed by atoms with Gasteiger partial charge in [0.1, 0.15) is 0 Å². The molecule has 17 heavy (non-hydrogen) atoms. The van der Waals surface area contributed by atoms with Crippen molar-refractivity contribution in [3.63, 3.8) is 0 Å².